The summed E-state index contributed by atoms with van der Waals surface area (Å²) in [5, 5.41) is 11.5. The molecule has 0 aromatic heterocycles. The molecule has 0 bridgehead atoms. The minimum atomic E-state index is -1.00. The molecule has 0 saturated heterocycles. The lowest BCUT2D eigenvalue weighted by Crippen LogP contribution is -2.47. The Balaban J connectivity index is 3.87. The summed E-state index contributed by atoms with van der Waals surface area (Å²) in [5.41, 5.74) is 0. The second-order valence-corrected chi connectivity index (χ2v) is 3.79. The number of carboxylic acid groups (broad SMARTS) is 1. The summed E-state index contributed by atoms with van der Waals surface area (Å²) in [7, 11) is 1.47. The van der Waals surface area contributed by atoms with Crippen molar-refractivity contribution in [1.82, 2.24) is 10.2 Å². The van der Waals surface area contributed by atoms with E-state index in [1.165, 1.54) is 11.9 Å². The molecule has 0 saturated carbocycles. The van der Waals surface area contributed by atoms with Crippen molar-refractivity contribution in [3.05, 3.63) is 12.7 Å². The number of nitrogens with one attached hydrogen (secondary N) is 1. The van der Waals surface area contributed by atoms with Gasteiger partial charge >= 0.3 is 12.0 Å². The van der Waals surface area contributed by atoms with E-state index in [4.69, 9.17) is 9.84 Å². The van der Waals surface area contributed by atoms with E-state index in [0.29, 0.717) is 26.2 Å². The van der Waals surface area contributed by atoms with Crippen LogP contribution >= 0.6 is 0 Å². The Bertz CT molecular complexity index is 281. The molecule has 1 atom stereocenters. The fourth-order valence-corrected chi connectivity index (χ4v) is 1.38. The van der Waals surface area contributed by atoms with E-state index < -0.39 is 18.0 Å². The number of carbonyl (C=O) groups excluding carboxylic acids is 1. The van der Waals surface area contributed by atoms with Gasteiger partial charge in [0.05, 0.1) is 13.2 Å². The zero-order valence-corrected chi connectivity index (χ0v) is 11.0. The molecular formula is C12H22N2O4. The second kappa shape index (κ2) is 9.47. The SMILES string of the molecule is C=CCCOCCNC(=O)N(C)C(CC)C(=O)O. The van der Waals surface area contributed by atoms with Gasteiger partial charge in [-0.2, -0.15) is 0 Å². The summed E-state index contributed by atoms with van der Waals surface area (Å²) in [5.74, 6) is -1.00. The van der Waals surface area contributed by atoms with Crippen molar-refractivity contribution in [2.75, 3.05) is 26.8 Å². The Morgan fingerprint density at radius 2 is 2.17 bits per heavy atom. The maximum Gasteiger partial charge on any atom is 0.326 e. The normalized spacial score (nSPS) is 11.7. The maximum atomic E-state index is 11.6. The number of hydrogen-bond donors (Lipinski definition) is 2. The molecule has 0 aliphatic rings. The zero-order valence-electron chi connectivity index (χ0n) is 11.0. The predicted octanol–water partition coefficient (Wildman–Crippen LogP) is 1.08. The molecule has 6 heteroatoms. The van der Waals surface area contributed by atoms with Gasteiger partial charge in [0, 0.05) is 13.6 Å². The maximum absolute atomic E-state index is 11.6. The first kappa shape index (κ1) is 16.4. The number of amides is 2. The number of carbonyl (C=O) groups is 2. The van der Waals surface area contributed by atoms with Crippen molar-refractivity contribution in [1.29, 1.82) is 0 Å². The first-order valence-electron chi connectivity index (χ1n) is 5.96. The van der Waals surface area contributed by atoms with E-state index in [9.17, 15) is 9.59 Å². The number of hydrogen-bond acceptors (Lipinski definition) is 3. The van der Waals surface area contributed by atoms with Crippen LogP contribution in [0.3, 0.4) is 0 Å². The van der Waals surface area contributed by atoms with E-state index >= 15 is 0 Å². The van der Waals surface area contributed by atoms with Gasteiger partial charge in [0.2, 0.25) is 0 Å². The van der Waals surface area contributed by atoms with Crippen molar-refractivity contribution in [3.63, 3.8) is 0 Å². The fraction of sp³-hybridized carbons (Fsp3) is 0.667. The van der Waals surface area contributed by atoms with Crippen LogP contribution in [0.15, 0.2) is 12.7 Å². The fourth-order valence-electron chi connectivity index (χ4n) is 1.38. The molecule has 0 aliphatic carbocycles. The Labute approximate surface area is 108 Å². The van der Waals surface area contributed by atoms with Crippen LogP contribution in [0.5, 0.6) is 0 Å². The van der Waals surface area contributed by atoms with Crippen LogP contribution in [0.4, 0.5) is 4.79 Å². The van der Waals surface area contributed by atoms with Gasteiger partial charge in [-0.3, -0.25) is 0 Å². The molecule has 0 aliphatic heterocycles. The van der Waals surface area contributed by atoms with Gasteiger partial charge in [-0.05, 0) is 12.8 Å². The average Bonchev–Trinajstić information content (AvgIpc) is 2.33. The molecule has 104 valence electrons. The molecule has 0 radical (unpaired) electrons. The summed E-state index contributed by atoms with van der Waals surface area (Å²) >= 11 is 0. The minimum absolute atomic E-state index is 0.358. The molecule has 6 nitrogen and oxygen atoms in total. The molecular weight excluding hydrogens is 236 g/mol. The number of nitrogens with zero attached hydrogens (tertiary/aromatic N) is 1. The highest BCUT2D eigenvalue weighted by Crippen LogP contribution is 2.01. The molecule has 0 fully saturated rings. The highest BCUT2D eigenvalue weighted by atomic mass is 16.5. The Morgan fingerprint density at radius 1 is 1.50 bits per heavy atom. The van der Waals surface area contributed by atoms with Crippen LogP contribution in [-0.2, 0) is 9.53 Å². The smallest absolute Gasteiger partial charge is 0.326 e. The Hall–Kier alpha value is -1.56. The molecule has 1 unspecified atom stereocenters. The quantitative estimate of drug-likeness (QED) is 0.479. The lowest BCUT2D eigenvalue weighted by Gasteiger charge is -2.23. The predicted molar refractivity (Wildman–Crippen MR) is 68.5 cm³/mol. The van der Waals surface area contributed by atoms with Gasteiger partial charge in [0.1, 0.15) is 6.04 Å². The summed E-state index contributed by atoms with van der Waals surface area (Å²) in [6, 6.07) is -1.21. The van der Waals surface area contributed by atoms with E-state index in [-0.39, 0.29) is 0 Å². The highest BCUT2D eigenvalue weighted by molar-refractivity contribution is 5.82. The van der Waals surface area contributed by atoms with Crippen molar-refractivity contribution in [3.8, 4) is 0 Å². The van der Waals surface area contributed by atoms with Crippen LogP contribution in [0.25, 0.3) is 0 Å². The van der Waals surface area contributed by atoms with Crippen molar-refractivity contribution >= 4 is 12.0 Å². The summed E-state index contributed by atoms with van der Waals surface area (Å²) in [4.78, 5) is 23.7. The van der Waals surface area contributed by atoms with E-state index in [1.807, 2.05) is 0 Å². The number of rotatable bonds is 9. The van der Waals surface area contributed by atoms with E-state index in [2.05, 4.69) is 11.9 Å². The first-order chi connectivity index (χ1) is 8.54. The molecule has 0 heterocycles. The lowest BCUT2D eigenvalue weighted by molar-refractivity contribution is -0.141. The van der Waals surface area contributed by atoms with E-state index in [1.54, 1.807) is 13.0 Å². The third-order valence-electron chi connectivity index (χ3n) is 2.45. The zero-order chi connectivity index (χ0) is 14.0. The number of ether oxygens (including phenoxy) is 1. The standard InChI is InChI=1S/C12H22N2O4/c1-4-6-8-18-9-7-13-12(17)14(3)10(5-2)11(15)16/h4,10H,1,5-9H2,2-3H3,(H,13,17)(H,15,16). The molecule has 0 aromatic carbocycles. The highest BCUT2D eigenvalue weighted by Gasteiger charge is 2.24. The summed E-state index contributed by atoms with van der Waals surface area (Å²) < 4.78 is 5.22. The van der Waals surface area contributed by atoms with Crippen LogP contribution in [0.1, 0.15) is 19.8 Å². The monoisotopic (exact) mass is 258 g/mol. The second-order valence-electron chi connectivity index (χ2n) is 3.79. The Kier molecular flexibility index (Phi) is 8.65. The van der Waals surface area contributed by atoms with Crippen LogP contribution < -0.4 is 5.32 Å². The van der Waals surface area contributed by atoms with Crippen LogP contribution in [0.2, 0.25) is 0 Å². The molecule has 2 N–H and O–H groups in total. The molecule has 18 heavy (non-hydrogen) atoms. The van der Waals surface area contributed by atoms with Gasteiger partial charge in [-0.15, -0.1) is 6.58 Å². The molecule has 0 spiro atoms. The largest absolute Gasteiger partial charge is 0.480 e. The van der Waals surface area contributed by atoms with Crippen molar-refractivity contribution in [2.45, 2.75) is 25.8 Å². The first-order valence-corrected chi connectivity index (χ1v) is 5.96. The lowest BCUT2D eigenvalue weighted by atomic mass is 10.2. The average molecular weight is 258 g/mol. The molecule has 0 rings (SSSR count). The topological polar surface area (TPSA) is 78.9 Å². The third-order valence-corrected chi connectivity index (χ3v) is 2.45. The van der Waals surface area contributed by atoms with Crippen LogP contribution in [0, 0.1) is 0 Å². The minimum Gasteiger partial charge on any atom is -0.480 e. The number of carboxylic acids is 1. The molecule has 0 aromatic rings. The van der Waals surface area contributed by atoms with Gasteiger partial charge in [-0.25, -0.2) is 9.59 Å². The molecule has 2 amide bonds. The Morgan fingerprint density at radius 3 is 2.67 bits per heavy atom. The number of aliphatic carboxylic acids is 1. The third kappa shape index (κ3) is 6.24. The van der Waals surface area contributed by atoms with Gasteiger partial charge in [0.25, 0.3) is 0 Å². The van der Waals surface area contributed by atoms with Crippen LogP contribution in [-0.4, -0.2) is 54.9 Å². The van der Waals surface area contributed by atoms with Gasteiger partial charge in [-0.1, -0.05) is 13.0 Å². The van der Waals surface area contributed by atoms with Gasteiger partial charge < -0.3 is 20.1 Å². The van der Waals surface area contributed by atoms with E-state index in [0.717, 1.165) is 6.42 Å². The van der Waals surface area contributed by atoms with Gasteiger partial charge in [0.15, 0.2) is 0 Å². The number of urea groups is 1. The summed E-state index contributed by atoms with van der Waals surface area (Å²) in [6.07, 6.45) is 2.89. The van der Waals surface area contributed by atoms with Crippen molar-refractivity contribution in [2.24, 2.45) is 0 Å². The van der Waals surface area contributed by atoms with Crippen molar-refractivity contribution < 1.29 is 19.4 Å². The number of likely N-dealkylation sites (N-methyl/N-ethyl adjacent to an activating group) is 1. The summed E-state index contributed by atoms with van der Waals surface area (Å²) in [6.45, 7) is 6.62.